The highest BCUT2D eigenvalue weighted by Gasteiger charge is 2.13. The molecule has 5 nitrogen and oxygen atoms in total. The zero-order valence-corrected chi connectivity index (χ0v) is 10.4. The lowest BCUT2D eigenvalue weighted by Gasteiger charge is -2.16. The molecule has 1 rings (SSSR count). The number of carboxylic acid groups (broad SMARTS) is 1. The van der Waals surface area contributed by atoms with Crippen molar-refractivity contribution in [3.05, 3.63) is 28.8 Å². The summed E-state index contributed by atoms with van der Waals surface area (Å²) in [6, 6.07) is 4.27. The van der Waals surface area contributed by atoms with Crippen LogP contribution in [-0.4, -0.2) is 28.6 Å². The Balaban J connectivity index is 2.72. The van der Waals surface area contributed by atoms with E-state index in [0.717, 1.165) is 0 Å². The van der Waals surface area contributed by atoms with Crippen LogP contribution < -0.4 is 5.32 Å². The van der Waals surface area contributed by atoms with Gasteiger partial charge in [-0.05, 0) is 36.6 Å². The molecule has 98 valence electrons. The molecule has 1 unspecified atom stereocenters. The molecule has 0 saturated heterocycles. The van der Waals surface area contributed by atoms with Gasteiger partial charge in [0.15, 0.2) is 0 Å². The highest BCUT2D eigenvalue weighted by atomic mass is 35.5. The van der Waals surface area contributed by atoms with Gasteiger partial charge in [-0.3, -0.25) is 9.59 Å². The van der Waals surface area contributed by atoms with Crippen molar-refractivity contribution >= 4 is 24.0 Å². The number of carboxylic acids is 1. The van der Waals surface area contributed by atoms with E-state index < -0.39 is 5.97 Å². The molecule has 0 radical (unpaired) electrons. The second-order valence-corrected chi connectivity index (χ2v) is 4.33. The lowest BCUT2D eigenvalue weighted by atomic mass is 10.0. The molecule has 1 atom stereocenters. The van der Waals surface area contributed by atoms with Gasteiger partial charge < -0.3 is 15.5 Å². The molecule has 0 heterocycles. The summed E-state index contributed by atoms with van der Waals surface area (Å²) >= 11 is 5.81. The number of rotatable bonds is 7. The van der Waals surface area contributed by atoms with Crippen LogP contribution in [0.5, 0.6) is 5.75 Å². The van der Waals surface area contributed by atoms with Gasteiger partial charge in [-0.2, -0.15) is 0 Å². The second-order valence-electron chi connectivity index (χ2n) is 3.89. The quantitative estimate of drug-likeness (QED) is 0.657. The largest absolute Gasteiger partial charge is 0.508 e. The number of hydrogen-bond donors (Lipinski definition) is 3. The molecule has 0 spiro atoms. The first-order valence-corrected chi connectivity index (χ1v) is 5.79. The third kappa shape index (κ3) is 4.63. The van der Waals surface area contributed by atoms with Crippen LogP contribution in [0.15, 0.2) is 18.2 Å². The Labute approximate surface area is 109 Å². The molecule has 0 aromatic heterocycles. The van der Waals surface area contributed by atoms with Crippen molar-refractivity contribution in [3.63, 3.8) is 0 Å². The standard InChI is InChI=1S/C12H14ClNO4/c13-9-1-3-11(16)8(5-9)6-10(14-7-15)2-4-12(17)18/h1,3,5,7,10,16H,2,4,6H2,(H,14,15)(H,17,18). The maximum Gasteiger partial charge on any atom is 0.303 e. The summed E-state index contributed by atoms with van der Waals surface area (Å²) in [6.07, 6.45) is 1.10. The number of aliphatic carboxylic acids is 1. The lowest BCUT2D eigenvalue weighted by Crippen LogP contribution is -2.30. The van der Waals surface area contributed by atoms with Gasteiger partial charge in [0.25, 0.3) is 0 Å². The zero-order chi connectivity index (χ0) is 13.5. The van der Waals surface area contributed by atoms with E-state index >= 15 is 0 Å². The van der Waals surface area contributed by atoms with Gasteiger partial charge in [-0.25, -0.2) is 0 Å². The van der Waals surface area contributed by atoms with Gasteiger partial charge in [-0.15, -0.1) is 0 Å². The van der Waals surface area contributed by atoms with Crippen LogP contribution in [0, 0.1) is 0 Å². The van der Waals surface area contributed by atoms with Crippen molar-refractivity contribution in [1.29, 1.82) is 0 Å². The van der Waals surface area contributed by atoms with Crippen molar-refractivity contribution in [1.82, 2.24) is 5.32 Å². The van der Waals surface area contributed by atoms with Crippen molar-refractivity contribution in [2.75, 3.05) is 0 Å². The number of phenols is 1. The molecule has 0 aliphatic carbocycles. The van der Waals surface area contributed by atoms with E-state index in [9.17, 15) is 14.7 Å². The third-order valence-corrected chi connectivity index (χ3v) is 2.75. The third-order valence-electron chi connectivity index (χ3n) is 2.52. The topological polar surface area (TPSA) is 86.6 Å². The SMILES string of the molecule is O=CNC(CCC(=O)O)Cc1cc(Cl)ccc1O. The Morgan fingerprint density at radius 2 is 2.22 bits per heavy atom. The number of phenolic OH excluding ortho intramolecular Hbond substituents is 1. The Bertz CT molecular complexity index is 436. The highest BCUT2D eigenvalue weighted by Crippen LogP contribution is 2.23. The van der Waals surface area contributed by atoms with Crippen LogP contribution in [-0.2, 0) is 16.0 Å². The van der Waals surface area contributed by atoms with E-state index in [2.05, 4.69) is 5.32 Å². The number of amides is 1. The molecule has 0 bridgehead atoms. The number of benzene rings is 1. The summed E-state index contributed by atoms with van der Waals surface area (Å²) in [5, 5.41) is 21.3. The molecule has 3 N–H and O–H groups in total. The predicted molar refractivity (Wildman–Crippen MR) is 66.7 cm³/mol. The molecule has 1 aromatic carbocycles. The summed E-state index contributed by atoms with van der Waals surface area (Å²) in [5.41, 5.74) is 0.576. The minimum absolute atomic E-state index is 0.0488. The molecule has 1 amide bonds. The van der Waals surface area contributed by atoms with Crippen LogP contribution in [0.25, 0.3) is 0 Å². The average Bonchev–Trinajstić information content (AvgIpc) is 2.31. The van der Waals surface area contributed by atoms with E-state index in [1.807, 2.05) is 0 Å². The fourth-order valence-corrected chi connectivity index (χ4v) is 1.82. The highest BCUT2D eigenvalue weighted by molar-refractivity contribution is 6.30. The fraction of sp³-hybridized carbons (Fsp3) is 0.333. The van der Waals surface area contributed by atoms with Crippen molar-refractivity contribution in [3.8, 4) is 5.75 Å². The molecule has 0 fully saturated rings. The normalized spacial score (nSPS) is 11.8. The number of aromatic hydroxyl groups is 1. The first-order valence-electron chi connectivity index (χ1n) is 5.42. The first-order chi connectivity index (χ1) is 8.52. The first kappa shape index (κ1) is 14.3. The van der Waals surface area contributed by atoms with Crippen molar-refractivity contribution < 1.29 is 19.8 Å². The summed E-state index contributed by atoms with van der Waals surface area (Å²) in [4.78, 5) is 20.9. The lowest BCUT2D eigenvalue weighted by molar-refractivity contribution is -0.137. The smallest absolute Gasteiger partial charge is 0.303 e. The molecule has 6 heteroatoms. The van der Waals surface area contributed by atoms with E-state index in [4.69, 9.17) is 16.7 Å². The Hall–Kier alpha value is -1.75. The predicted octanol–water partition coefficient (Wildman–Crippen LogP) is 1.57. The van der Waals surface area contributed by atoms with Crippen LogP contribution in [0.1, 0.15) is 18.4 Å². The number of nitrogens with one attached hydrogen (secondary N) is 1. The summed E-state index contributed by atoms with van der Waals surface area (Å²) in [6.45, 7) is 0. The van der Waals surface area contributed by atoms with E-state index in [1.165, 1.54) is 6.07 Å². The van der Waals surface area contributed by atoms with Crippen LogP contribution in [0.2, 0.25) is 5.02 Å². The molecule has 18 heavy (non-hydrogen) atoms. The van der Waals surface area contributed by atoms with E-state index in [1.54, 1.807) is 12.1 Å². The van der Waals surface area contributed by atoms with Gasteiger partial charge in [0, 0.05) is 17.5 Å². The van der Waals surface area contributed by atoms with Crippen LogP contribution >= 0.6 is 11.6 Å². The molecule has 0 saturated carbocycles. The maximum atomic E-state index is 10.5. The summed E-state index contributed by atoms with van der Waals surface area (Å²) < 4.78 is 0. The number of halogens is 1. The molecule has 1 aromatic rings. The Morgan fingerprint density at radius 1 is 1.50 bits per heavy atom. The van der Waals surface area contributed by atoms with Gasteiger partial charge in [0.2, 0.25) is 6.41 Å². The van der Waals surface area contributed by atoms with Crippen LogP contribution in [0.3, 0.4) is 0 Å². The Kier molecular flexibility index (Phi) is 5.45. The monoisotopic (exact) mass is 271 g/mol. The number of carbonyl (C=O) groups excluding carboxylic acids is 1. The Morgan fingerprint density at radius 3 is 2.83 bits per heavy atom. The van der Waals surface area contributed by atoms with Gasteiger partial charge in [0.05, 0.1) is 0 Å². The minimum Gasteiger partial charge on any atom is -0.508 e. The van der Waals surface area contributed by atoms with Crippen molar-refractivity contribution in [2.45, 2.75) is 25.3 Å². The molecular weight excluding hydrogens is 258 g/mol. The number of hydrogen-bond acceptors (Lipinski definition) is 3. The maximum absolute atomic E-state index is 10.5. The van der Waals surface area contributed by atoms with E-state index in [-0.39, 0.29) is 18.2 Å². The molecule has 0 aliphatic rings. The fourth-order valence-electron chi connectivity index (χ4n) is 1.62. The number of carbonyl (C=O) groups is 2. The van der Waals surface area contributed by atoms with Gasteiger partial charge in [-0.1, -0.05) is 11.6 Å². The molecule has 0 aliphatic heterocycles. The van der Waals surface area contributed by atoms with E-state index in [0.29, 0.717) is 29.8 Å². The second kappa shape index (κ2) is 6.86. The zero-order valence-electron chi connectivity index (χ0n) is 9.60. The summed E-state index contributed by atoms with van der Waals surface area (Å²) in [5.74, 6) is -0.851. The van der Waals surface area contributed by atoms with Gasteiger partial charge >= 0.3 is 5.97 Å². The van der Waals surface area contributed by atoms with Crippen molar-refractivity contribution in [2.24, 2.45) is 0 Å². The average molecular weight is 272 g/mol. The van der Waals surface area contributed by atoms with Crippen LogP contribution in [0.4, 0.5) is 0 Å². The van der Waals surface area contributed by atoms with Gasteiger partial charge in [0.1, 0.15) is 5.75 Å². The molecular formula is C12H14ClNO4. The minimum atomic E-state index is -0.928. The summed E-state index contributed by atoms with van der Waals surface area (Å²) in [7, 11) is 0.